The molecule has 0 fully saturated rings. The molecule has 3 rings (SSSR count). The lowest BCUT2D eigenvalue weighted by molar-refractivity contribution is 1.23. The molecule has 18 heavy (non-hydrogen) atoms. The predicted octanol–water partition coefficient (Wildman–Crippen LogP) is 4.37. The van der Waals surface area contributed by atoms with Crippen molar-refractivity contribution in [2.75, 3.05) is 0 Å². The molecule has 0 bridgehead atoms. The molecule has 3 nitrogen and oxygen atoms in total. The zero-order valence-corrected chi connectivity index (χ0v) is 11.6. The summed E-state index contributed by atoms with van der Waals surface area (Å²) in [6.07, 6.45) is 1.71. The van der Waals surface area contributed by atoms with Crippen LogP contribution in [0.2, 0.25) is 10.2 Å². The van der Waals surface area contributed by atoms with Crippen molar-refractivity contribution in [1.29, 1.82) is 0 Å². The molecule has 90 valence electrons. The van der Waals surface area contributed by atoms with Gasteiger partial charge in [0.25, 0.3) is 0 Å². The maximum Gasteiger partial charge on any atom is 0.173 e. The first-order chi connectivity index (χ1) is 8.65. The second kappa shape index (κ2) is 4.46. The first-order valence-electron chi connectivity index (χ1n) is 5.17. The Bertz CT molecular complexity index is 726. The summed E-state index contributed by atoms with van der Waals surface area (Å²) < 4.78 is 0. The smallest absolute Gasteiger partial charge is 0.173 e. The molecule has 0 saturated heterocycles. The fourth-order valence-electron chi connectivity index (χ4n) is 1.73. The SMILES string of the molecule is Cc1cc(Cl)c2nc(-c3cncs3)nc(Cl)c2c1. The highest BCUT2D eigenvalue weighted by molar-refractivity contribution is 7.13. The van der Waals surface area contributed by atoms with E-state index in [9.17, 15) is 0 Å². The Balaban J connectivity index is 2.34. The highest BCUT2D eigenvalue weighted by Gasteiger charge is 2.12. The molecule has 0 atom stereocenters. The van der Waals surface area contributed by atoms with Crippen molar-refractivity contribution >= 4 is 45.4 Å². The van der Waals surface area contributed by atoms with Gasteiger partial charge in [-0.1, -0.05) is 23.2 Å². The molecule has 0 amide bonds. The zero-order chi connectivity index (χ0) is 12.7. The number of fused-ring (bicyclic) bond motifs is 1. The molecule has 6 heteroatoms. The van der Waals surface area contributed by atoms with E-state index >= 15 is 0 Å². The summed E-state index contributed by atoms with van der Waals surface area (Å²) in [5, 5.41) is 1.77. The monoisotopic (exact) mass is 295 g/mol. The molecule has 0 aliphatic rings. The Morgan fingerprint density at radius 1 is 1.17 bits per heavy atom. The highest BCUT2D eigenvalue weighted by atomic mass is 35.5. The van der Waals surface area contributed by atoms with Gasteiger partial charge < -0.3 is 0 Å². The van der Waals surface area contributed by atoms with E-state index in [1.807, 2.05) is 19.1 Å². The largest absolute Gasteiger partial charge is 0.252 e. The number of benzene rings is 1. The Morgan fingerprint density at radius 3 is 2.72 bits per heavy atom. The third kappa shape index (κ3) is 1.96. The number of hydrogen-bond acceptors (Lipinski definition) is 4. The van der Waals surface area contributed by atoms with Crippen molar-refractivity contribution in [1.82, 2.24) is 15.0 Å². The van der Waals surface area contributed by atoms with E-state index < -0.39 is 0 Å². The summed E-state index contributed by atoms with van der Waals surface area (Å²) >= 11 is 13.9. The van der Waals surface area contributed by atoms with Gasteiger partial charge in [-0.05, 0) is 24.6 Å². The average molecular weight is 296 g/mol. The van der Waals surface area contributed by atoms with Crippen LogP contribution in [0.1, 0.15) is 5.56 Å². The summed E-state index contributed by atoms with van der Waals surface area (Å²) in [6, 6.07) is 3.80. The number of aromatic nitrogens is 3. The van der Waals surface area contributed by atoms with Gasteiger partial charge in [0.2, 0.25) is 0 Å². The molecule has 0 aliphatic heterocycles. The van der Waals surface area contributed by atoms with E-state index in [1.165, 1.54) is 11.3 Å². The first kappa shape index (κ1) is 11.8. The molecule has 0 aliphatic carbocycles. The van der Waals surface area contributed by atoms with Gasteiger partial charge in [-0.25, -0.2) is 9.97 Å². The minimum atomic E-state index is 0.411. The third-order valence-corrected chi connectivity index (χ3v) is 3.85. The molecule has 0 radical (unpaired) electrons. The molecule has 1 aromatic carbocycles. The maximum atomic E-state index is 6.21. The molecule has 0 N–H and O–H groups in total. The lowest BCUT2D eigenvalue weighted by atomic mass is 10.2. The van der Waals surface area contributed by atoms with E-state index in [4.69, 9.17) is 23.2 Å². The van der Waals surface area contributed by atoms with E-state index in [0.717, 1.165) is 15.8 Å². The molecule has 3 aromatic rings. The van der Waals surface area contributed by atoms with Crippen molar-refractivity contribution in [2.45, 2.75) is 6.92 Å². The van der Waals surface area contributed by atoms with Gasteiger partial charge in [0.1, 0.15) is 5.15 Å². The second-order valence-electron chi connectivity index (χ2n) is 3.85. The lowest BCUT2D eigenvalue weighted by Crippen LogP contribution is -1.92. The molecule has 0 saturated carbocycles. The fourth-order valence-corrected chi connectivity index (χ4v) is 2.82. The molecule has 0 unspecified atom stereocenters. The van der Waals surface area contributed by atoms with Crippen LogP contribution in [0.4, 0.5) is 0 Å². The third-order valence-electron chi connectivity index (χ3n) is 2.50. The Morgan fingerprint density at radius 2 is 2.00 bits per heavy atom. The number of halogens is 2. The average Bonchev–Trinajstić information content (AvgIpc) is 2.83. The molecular weight excluding hydrogens is 289 g/mol. The van der Waals surface area contributed by atoms with Crippen LogP contribution < -0.4 is 0 Å². The Hall–Kier alpha value is -1.23. The van der Waals surface area contributed by atoms with Crippen molar-refractivity contribution in [3.8, 4) is 10.7 Å². The van der Waals surface area contributed by atoms with Crippen molar-refractivity contribution in [3.63, 3.8) is 0 Å². The van der Waals surface area contributed by atoms with Crippen molar-refractivity contribution in [3.05, 3.63) is 39.6 Å². The van der Waals surface area contributed by atoms with Gasteiger partial charge in [0.15, 0.2) is 5.82 Å². The summed E-state index contributed by atoms with van der Waals surface area (Å²) in [6.45, 7) is 1.96. The Labute approximate surface area is 117 Å². The van der Waals surface area contributed by atoms with Crippen molar-refractivity contribution in [2.24, 2.45) is 0 Å². The standard InChI is InChI=1S/C12H7Cl2N3S/c1-6-2-7-10(8(13)3-6)16-12(17-11(7)14)9-4-15-5-18-9/h2-5H,1H3. The fraction of sp³-hybridized carbons (Fsp3) is 0.0833. The van der Waals surface area contributed by atoms with Crippen LogP contribution in [0.5, 0.6) is 0 Å². The van der Waals surface area contributed by atoms with Gasteiger partial charge in [-0.2, -0.15) is 0 Å². The topological polar surface area (TPSA) is 38.7 Å². The normalized spacial score (nSPS) is 11.1. The van der Waals surface area contributed by atoms with Crippen LogP contribution in [0.15, 0.2) is 23.8 Å². The van der Waals surface area contributed by atoms with E-state index in [2.05, 4.69) is 15.0 Å². The minimum Gasteiger partial charge on any atom is -0.252 e. The molecule has 2 heterocycles. The first-order valence-corrected chi connectivity index (χ1v) is 6.81. The van der Waals surface area contributed by atoms with Crippen LogP contribution >= 0.6 is 34.5 Å². The van der Waals surface area contributed by atoms with E-state index in [1.54, 1.807) is 11.7 Å². The molecular formula is C12H7Cl2N3S. The van der Waals surface area contributed by atoms with Crippen LogP contribution in [0.3, 0.4) is 0 Å². The number of nitrogens with zero attached hydrogens (tertiary/aromatic N) is 3. The number of thiazole rings is 1. The van der Waals surface area contributed by atoms with E-state index in [-0.39, 0.29) is 0 Å². The van der Waals surface area contributed by atoms with Gasteiger partial charge >= 0.3 is 0 Å². The Kier molecular flexibility index (Phi) is 2.93. The molecule has 0 spiro atoms. The number of hydrogen-bond donors (Lipinski definition) is 0. The summed E-state index contributed by atoms with van der Waals surface area (Å²) in [5.41, 5.74) is 3.43. The van der Waals surface area contributed by atoms with Crippen LogP contribution in [0.25, 0.3) is 21.6 Å². The van der Waals surface area contributed by atoms with Crippen LogP contribution in [0, 0.1) is 6.92 Å². The van der Waals surface area contributed by atoms with Crippen LogP contribution in [-0.4, -0.2) is 15.0 Å². The van der Waals surface area contributed by atoms with Gasteiger partial charge in [-0.15, -0.1) is 11.3 Å². The quantitative estimate of drug-likeness (QED) is 0.626. The second-order valence-corrected chi connectivity index (χ2v) is 5.50. The zero-order valence-electron chi connectivity index (χ0n) is 9.32. The summed E-state index contributed by atoms with van der Waals surface area (Å²) in [7, 11) is 0. The van der Waals surface area contributed by atoms with Crippen molar-refractivity contribution < 1.29 is 0 Å². The maximum absolute atomic E-state index is 6.21. The van der Waals surface area contributed by atoms with Crippen LogP contribution in [-0.2, 0) is 0 Å². The number of aryl methyl sites for hydroxylation is 1. The van der Waals surface area contributed by atoms with Gasteiger partial charge in [0.05, 0.1) is 20.9 Å². The van der Waals surface area contributed by atoms with E-state index in [0.29, 0.717) is 21.5 Å². The van der Waals surface area contributed by atoms with Gasteiger partial charge in [0, 0.05) is 11.6 Å². The lowest BCUT2D eigenvalue weighted by Gasteiger charge is -2.05. The minimum absolute atomic E-state index is 0.411. The summed E-state index contributed by atoms with van der Waals surface area (Å²) in [4.78, 5) is 13.6. The molecule has 2 aromatic heterocycles. The van der Waals surface area contributed by atoms with Gasteiger partial charge in [-0.3, -0.25) is 4.98 Å². The summed E-state index contributed by atoms with van der Waals surface area (Å²) in [5.74, 6) is 0.556. The number of rotatable bonds is 1. The highest BCUT2D eigenvalue weighted by Crippen LogP contribution is 2.31. The predicted molar refractivity (Wildman–Crippen MR) is 75.4 cm³/mol.